The number of hydrogen-bond donors (Lipinski definition) is 1. The monoisotopic (exact) mass is 389 g/mol. The van der Waals surface area contributed by atoms with Gasteiger partial charge in [0.2, 0.25) is 0 Å². The Hall–Kier alpha value is -0.290. The second kappa shape index (κ2) is 5.60. The maximum absolute atomic E-state index is 12.1. The summed E-state index contributed by atoms with van der Waals surface area (Å²) in [5.74, 6) is 2.45. The second-order valence-electron chi connectivity index (χ2n) is 5.68. The highest BCUT2D eigenvalue weighted by atomic mass is 127. The van der Waals surface area contributed by atoms with E-state index in [1.54, 1.807) is 6.07 Å². The van der Waals surface area contributed by atoms with Crippen LogP contribution in [0.3, 0.4) is 0 Å². The minimum absolute atomic E-state index is 0.00426. The lowest BCUT2D eigenvalue weighted by Crippen LogP contribution is -2.31. The number of nitrogens with one attached hydrogen (secondary N) is 1. The Kier molecular flexibility index (Phi) is 4.03. The van der Waals surface area contributed by atoms with E-state index in [-0.39, 0.29) is 5.91 Å². The van der Waals surface area contributed by atoms with Crippen LogP contribution in [-0.4, -0.2) is 12.5 Å². The third-order valence-electron chi connectivity index (χ3n) is 4.14. The maximum Gasteiger partial charge on any atom is 0.251 e. The predicted molar refractivity (Wildman–Crippen MR) is 85.4 cm³/mol. The van der Waals surface area contributed by atoms with Crippen molar-refractivity contribution in [2.24, 2.45) is 17.8 Å². The van der Waals surface area contributed by atoms with E-state index >= 15 is 0 Å². The first-order valence-electron chi connectivity index (χ1n) is 6.88. The summed E-state index contributed by atoms with van der Waals surface area (Å²) in [6, 6.07) is 5.48. The van der Waals surface area contributed by atoms with Gasteiger partial charge in [-0.25, -0.2) is 0 Å². The molecule has 0 atom stereocenters. The molecule has 1 amide bonds. The fourth-order valence-electron chi connectivity index (χ4n) is 2.72. The van der Waals surface area contributed by atoms with E-state index in [0.717, 1.165) is 22.0 Å². The van der Waals surface area contributed by atoms with Crippen molar-refractivity contribution in [3.63, 3.8) is 0 Å². The molecule has 0 saturated heterocycles. The van der Waals surface area contributed by atoms with E-state index in [1.165, 1.54) is 25.7 Å². The Morgan fingerprint density at radius 3 is 2.47 bits per heavy atom. The van der Waals surface area contributed by atoms with Gasteiger partial charge in [0.1, 0.15) is 0 Å². The first-order valence-corrected chi connectivity index (χ1v) is 8.34. The fraction of sp³-hybridized carbons (Fsp3) is 0.533. The molecule has 0 aliphatic heterocycles. The van der Waals surface area contributed by atoms with Crippen LogP contribution in [0.25, 0.3) is 0 Å². The van der Waals surface area contributed by atoms with Gasteiger partial charge in [0.15, 0.2) is 0 Å². The zero-order valence-corrected chi connectivity index (χ0v) is 13.6. The van der Waals surface area contributed by atoms with Gasteiger partial charge in [-0.2, -0.15) is 0 Å². The van der Waals surface area contributed by atoms with Crippen molar-refractivity contribution in [1.29, 1.82) is 0 Å². The molecule has 2 fully saturated rings. The van der Waals surface area contributed by atoms with Crippen LogP contribution in [0, 0.1) is 21.3 Å². The molecule has 2 aliphatic carbocycles. The third-order valence-corrected chi connectivity index (χ3v) is 5.71. The van der Waals surface area contributed by atoms with Crippen molar-refractivity contribution in [2.75, 3.05) is 6.54 Å². The Labute approximate surface area is 132 Å². The summed E-state index contributed by atoms with van der Waals surface area (Å²) in [4.78, 5) is 12.1. The lowest BCUT2D eigenvalue weighted by Gasteiger charge is -2.16. The van der Waals surface area contributed by atoms with Gasteiger partial charge in [0.05, 0.1) is 5.02 Å². The fourth-order valence-corrected chi connectivity index (χ4v) is 3.23. The van der Waals surface area contributed by atoms with E-state index in [2.05, 4.69) is 27.9 Å². The largest absolute Gasteiger partial charge is 0.352 e. The quantitative estimate of drug-likeness (QED) is 0.755. The molecular weight excluding hydrogens is 373 g/mol. The molecule has 4 heteroatoms. The van der Waals surface area contributed by atoms with Crippen molar-refractivity contribution in [3.05, 3.63) is 32.4 Å². The summed E-state index contributed by atoms with van der Waals surface area (Å²) in [5.41, 5.74) is 0.663. The van der Waals surface area contributed by atoms with Gasteiger partial charge >= 0.3 is 0 Å². The minimum atomic E-state index is 0.00426. The Balaban J connectivity index is 1.59. The van der Waals surface area contributed by atoms with Gasteiger partial charge in [0, 0.05) is 15.7 Å². The van der Waals surface area contributed by atoms with Crippen molar-refractivity contribution in [1.82, 2.24) is 5.32 Å². The van der Waals surface area contributed by atoms with Gasteiger partial charge in [-0.05, 0) is 84.2 Å². The second-order valence-corrected chi connectivity index (χ2v) is 7.25. The molecular formula is C15H17ClINO. The summed E-state index contributed by atoms with van der Waals surface area (Å²) >= 11 is 8.22. The molecule has 2 aliphatic rings. The van der Waals surface area contributed by atoms with E-state index in [1.807, 2.05) is 12.1 Å². The average molecular weight is 390 g/mol. The molecule has 2 saturated carbocycles. The van der Waals surface area contributed by atoms with Gasteiger partial charge in [0.25, 0.3) is 5.91 Å². The van der Waals surface area contributed by atoms with Gasteiger partial charge in [-0.15, -0.1) is 0 Å². The van der Waals surface area contributed by atoms with Crippen LogP contribution in [-0.2, 0) is 0 Å². The number of hydrogen-bond acceptors (Lipinski definition) is 1. The number of benzene rings is 1. The summed E-state index contributed by atoms with van der Waals surface area (Å²) in [6.45, 7) is 0.831. The molecule has 1 aromatic rings. The molecule has 2 nitrogen and oxygen atoms in total. The van der Waals surface area contributed by atoms with Crippen molar-refractivity contribution in [2.45, 2.75) is 25.7 Å². The van der Waals surface area contributed by atoms with Crippen molar-refractivity contribution >= 4 is 40.1 Å². The Morgan fingerprint density at radius 1 is 1.32 bits per heavy atom. The average Bonchev–Trinajstić information content (AvgIpc) is 3.26. The van der Waals surface area contributed by atoms with Crippen molar-refractivity contribution in [3.8, 4) is 0 Å². The highest BCUT2D eigenvalue weighted by molar-refractivity contribution is 14.1. The molecule has 0 aromatic heterocycles. The normalized spacial score (nSPS) is 18.7. The van der Waals surface area contributed by atoms with E-state index < -0.39 is 0 Å². The van der Waals surface area contributed by atoms with Crippen LogP contribution in [0.4, 0.5) is 0 Å². The SMILES string of the molecule is O=C(NCC(C1CC1)C1CC1)c1ccc(I)c(Cl)c1. The van der Waals surface area contributed by atoms with Crippen LogP contribution < -0.4 is 5.32 Å². The van der Waals surface area contributed by atoms with E-state index in [9.17, 15) is 4.79 Å². The molecule has 19 heavy (non-hydrogen) atoms. The first kappa shape index (κ1) is 13.7. The summed E-state index contributed by atoms with van der Waals surface area (Å²) in [7, 11) is 0. The minimum Gasteiger partial charge on any atom is -0.352 e. The standard InChI is InChI=1S/C15H17ClINO/c16-13-7-11(5-6-14(13)17)15(19)18-8-12(9-1-2-9)10-3-4-10/h5-7,9-10,12H,1-4,8H2,(H,18,19). The zero-order valence-electron chi connectivity index (χ0n) is 10.7. The van der Waals surface area contributed by atoms with Crippen LogP contribution in [0.1, 0.15) is 36.0 Å². The third kappa shape index (κ3) is 3.43. The molecule has 0 bridgehead atoms. The summed E-state index contributed by atoms with van der Waals surface area (Å²) in [5, 5.41) is 3.74. The zero-order chi connectivity index (χ0) is 13.4. The molecule has 0 spiro atoms. The maximum atomic E-state index is 12.1. The van der Waals surface area contributed by atoms with Crippen LogP contribution in [0.15, 0.2) is 18.2 Å². The van der Waals surface area contributed by atoms with Gasteiger partial charge < -0.3 is 5.32 Å². The summed E-state index contributed by atoms with van der Waals surface area (Å²) < 4.78 is 0.977. The van der Waals surface area contributed by atoms with E-state index in [4.69, 9.17) is 11.6 Å². The number of rotatable bonds is 5. The Bertz CT molecular complexity index is 485. The lowest BCUT2D eigenvalue weighted by atomic mass is 9.98. The lowest BCUT2D eigenvalue weighted by molar-refractivity contribution is 0.0943. The number of halogens is 2. The van der Waals surface area contributed by atoms with Gasteiger partial charge in [-0.1, -0.05) is 11.6 Å². The molecule has 102 valence electrons. The molecule has 1 aromatic carbocycles. The van der Waals surface area contributed by atoms with Crippen LogP contribution in [0.2, 0.25) is 5.02 Å². The molecule has 0 unspecified atom stereocenters. The number of carbonyl (C=O) groups excluding carboxylic acids is 1. The smallest absolute Gasteiger partial charge is 0.251 e. The highest BCUT2D eigenvalue weighted by Gasteiger charge is 2.41. The Morgan fingerprint density at radius 2 is 1.95 bits per heavy atom. The molecule has 1 N–H and O–H groups in total. The molecule has 0 heterocycles. The predicted octanol–water partition coefficient (Wildman–Crippen LogP) is 4.11. The van der Waals surface area contributed by atoms with Gasteiger partial charge in [-0.3, -0.25) is 4.79 Å². The van der Waals surface area contributed by atoms with Crippen LogP contribution in [0.5, 0.6) is 0 Å². The van der Waals surface area contributed by atoms with Crippen molar-refractivity contribution < 1.29 is 4.79 Å². The number of amides is 1. The first-order chi connectivity index (χ1) is 9.15. The number of carbonyl (C=O) groups is 1. The highest BCUT2D eigenvalue weighted by Crippen LogP contribution is 2.48. The molecule has 3 rings (SSSR count). The van der Waals surface area contributed by atoms with E-state index in [0.29, 0.717) is 16.5 Å². The van der Waals surface area contributed by atoms with Crippen LogP contribution >= 0.6 is 34.2 Å². The topological polar surface area (TPSA) is 29.1 Å². The molecule has 0 radical (unpaired) electrons. The summed E-state index contributed by atoms with van der Waals surface area (Å²) in [6.07, 6.45) is 5.41.